The van der Waals surface area contributed by atoms with E-state index in [0.717, 1.165) is 0 Å². The monoisotopic (exact) mass is 529 g/mol. The van der Waals surface area contributed by atoms with Gasteiger partial charge in [0, 0.05) is 0 Å². The van der Waals surface area contributed by atoms with Gasteiger partial charge >= 0.3 is 15.2 Å². The Balaban J connectivity index is 2.73. The molecule has 0 aliphatic rings. The zero-order valence-corrected chi connectivity index (χ0v) is 23.1. The minimum atomic E-state index is -3.81. The van der Waals surface area contributed by atoms with Crippen molar-refractivity contribution < 1.29 is 36.7 Å². The summed E-state index contributed by atoms with van der Waals surface area (Å²) in [4.78, 5) is 0. The molecular formula is C24H37NO8P2. The first-order valence-electron chi connectivity index (χ1n) is 11.6. The van der Waals surface area contributed by atoms with E-state index in [0.29, 0.717) is 22.6 Å². The summed E-state index contributed by atoms with van der Waals surface area (Å²) < 4.78 is 61.8. The summed E-state index contributed by atoms with van der Waals surface area (Å²) in [7, 11) is -4.53. The Morgan fingerprint density at radius 2 is 1.00 bits per heavy atom. The summed E-state index contributed by atoms with van der Waals surface area (Å²) in [5.41, 5.74) is 1.14. The minimum absolute atomic E-state index is 0.151. The number of nitrogens with one attached hydrogen (secondary N) is 1. The molecule has 2 unspecified atom stereocenters. The van der Waals surface area contributed by atoms with Crippen molar-refractivity contribution in [2.24, 2.45) is 0 Å². The van der Waals surface area contributed by atoms with Crippen molar-refractivity contribution in [2.75, 3.05) is 40.6 Å². The maximum atomic E-state index is 14.1. The summed E-state index contributed by atoms with van der Waals surface area (Å²) in [6.45, 7) is 7.54. The Morgan fingerprint density at radius 3 is 1.29 bits per heavy atom. The highest BCUT2D eigenvalue weighted by Gasteiger charge is 2.45. The molecule has 1 N–H and O–H groups in total. The summed E-state index contributed by atoms with van der Waals surface area (Å²) in [6.07, 6.45) is 0. The molecule has 0 fully saturated rings. The minimum Gasteiger partial charge on any atom is -0.497 e. The molecule has 0 aliphatic carbocycles. The number of benzene rings is 2. The van der Waals surface area contributed by atoms with Gasteiger partial charge in [-0.3, -0.25) is 14.4 Å². The van der Waals surface area contributed by atoms with Crippen LogP contribution in [0.3, 0.4) is 0 Å². The van der Waals surface area contributed by atoms with Crippen LogP contribution in [0.15, 0.2) is 48.5 Å². The highest BCUT2D eigenvalue weighted by Crippen LogP contribution is 2.65. The zero-order valence-electron chi connectivity index (χ0n) is 21.3. The standard InChI is InChI=1S/C24H37NO8P2/c1-7-30-34(26,31-8-2)23(19-13-11-15-21(17-19)28-5)25-24(35(27,32-9-3)33-10-4)20-14-12-16-22(18-20)29-6/h11-18,23-25H,7-10H2,1-6H3. The average Bonchev–Trinajstić information content (AvgIpc) is 2.85. The van der Waals surface area contributed by atoms with Gasteiger partial charge in [-0.05, 0) is 63.1 Å². The zero-order chi connectivity index (χ0) is 25.9. The molecule has 0 saturated heterocycles. The fraction of sp³-hybridized carbons (Fsp3) is 0.500. The van der Waals surface area contributed by atoms with E-state index >= 15 is 0 Å². The van der Waals surface area contributed by atoms with Crippen LogP contribution in [-0.2, 0) is 27.2 Å². The molecule has 0 heterocycles. The molecular weight excluding hydrogens is 492 g/mol. The first-order chi connectivity index (χ1) is 16.8. The van der Waals surface area contributed by atoms with Gasteiger partial charge in [0.1, 0.15) is 23.1 Å². The molecule has 0 saturated carbocycles. The van der Waals surface area contributed by atoms with Gasteiger partial charge in [0.05, 0.1) is 40.6 Å². The van der Waals surface area contributed by atoms with Crippen LogP contribution < -0.4 is 14.8 Å². The van der Waals surface area contributed by atoms with E-state index in [2.05, 4.69) is 5.32 Å². The Morgan fingerprint density at radius 1 is 0.657 bits per heavy atom. The average molecular weight is 530 g/mol. The van der Waals surface area contributed by atoms with Crippen molar-refractivity contribution in [3.05, 3.63) is 59.7 Å². The molecule has 196 valence electrons. The van der Waals surface area contributed by atoms with Crippen LogP contribution in [0.1, 0.15) is 50.4 Å². The molecule has 0 aromatic heterocycles. The van der Waals surface area contributed by atoms with Crippen molar-refractivity contribution in [3.63, 3.8) is 0 Å². The lowest BCUT2D eigenvalue weighted by Crippen LogP contribution is -2.29. The van der Waals surface area contributed by atoms with Gasteiger partial charge in [0.25, 0.3) is 0 Å². The fourth-order valence-electron chi connectivity index (χ4n) is 3.61. The van der Waals surface area contributed by atoms with Crippen LogP contribution in [-0.4, -0.2) is 40.6 Å². The number of hydrogen-bond acceptors (Lipinski definition) is 9. The second kappa shape index (κ2) is 14.1. The topological polar surface area (TPSA) is 102 Å². The molecule has 2 atom stereocenters. The summed E-state index contributed by atoms with van der Waals surface area (Å²) >= 11 is 0. The van der Waals surface area contributed by atoms with E-state index in [-0.39, 0.29) is 26.4 Å². The molecule has 0 amide bonds. The quantitative estimate of drug-likeness (QED) is 0.243. The second-order valence-electron chi connectivity index (χ2n) is 7.28. The summed E-state index contributed by atoms with van der Waals surface area (Å²) in [6, 6.07) is 14.1. The van der Waals surface area contributed by atoms with Crippen molar-refractivity contribution in [1.82, 2.24) is 5.32 Å². The molecule has 0 spiro atoms. The number of ether oxygens (including phenoxy) is 2. The highest BCUT2D eigenvalue weighted by molar-refractivity contribution is 7.55. The third-order valence-electron chi connectivity index (χ3n) is 5.00. The van der Waals surface area contributed by atoms with Crippen LogP contribution in [0.5, 0.6) is 11.5 Å². The van der Waals surface area contributed by atoms with Gasteiger partial charge in [-0.2, -0.15) is 0 Å². The van der Waals surface area contributed by atoms with Crippen molar-refractivity contribution in [2.45, 2.75) is 39.3 Å². The smallest absolute Gasteiger partial charge is 0.351 e. The van der Waals surface area contributed by atoms with Crippen molar-refractivity contribution >= 4 is 15.2 Å². The molecule has 0 radical (unpaired) electrons. The molecule has 2 aromatic rings. The summed E-state index contributed by atoms with van der Waals surface area (Å²) in [5, 5.41) is 3.27. The third kappa shape index (κ3) is 7.64. The Hall–Kier alpha value is -1.70. The van der Waals surface area contributed by atoms with Gasteiger partial charge < -0.3 is 27.6 Å². The van der Waals surface area contributed by atoms with Crippen molar-refractivity contribution in [1.29, 1.82) is 0 Å². The van der Waals surface area contributed by atoms with E-state index in [1.165, 1.54) is 0 Å². The van der Waals surface area contributed by atoms with Crippen LogP contribution in [0.4, 0.5) is 0 Å². The van der Waals surface area contributed by atoms with Crippen LogP contribution in [0, 0.1) is 0 Å². The van der Waals surface area contributed by atoms with Crippen LogP contribution >= 0.6 is 15.2 Å². The largest absolute Gasteiger partial charge is 0.497 e. The van der Waals surface area contributed by atoms with Crippen LogP contribution in [0.25, 0.3) is 0 Å². The maximum absolute atomic E-state index is 14.1. The van der Waals surface area contributed by atoms with E-state index in [1.54, 1.807) is 90.4 Å². The lowest BCUT2D eigenvalue weighted by atomic mass is 10.2. The molecule has 0 bridgehead atoms. The van der Waals surface area contributed by atoms with Gasteiger partial charge in [-0.15, -0.1) is 0 Å². The molecule has 2 rings (SSSR count). The first-order valence-corrected chi connectivity index (χ1v) is 14.8. The van der Waals surface area contributed by atoms with E-state index in [9.17, 15) is 9.13 Å². The maximum Gasteiger partial charge on any atom is 0.351 e. The number of hydrogen-bond donors (Lipinski definition) is 1. The van der Waals surface area contributed by atoms with E-state index in [4.69, 9.17) is 27.6 Å². The number of methoxy groups -OCH3 is 2. The lowest BCUT2D eigenvalue weighted by Gasteiger charge is -2.34. The van der Waals surface area contributed by atoms with Crippen LogP contribution in [0.2, 0.25) is 0 Å². The Bertz CT molecular complexity index is 919. The number of rotatable bonds is 16. The molecule has 0 aliphatic heterocycles. The normalized spacial score (nSPS) is 13.9. The fourth-order valence-corrected chi connectivity index (χ4v) is 7.62. The SMILES string of the molecule is CCOP(=O)(OCC)C(NC(c1cccc(OC)c1)P(=O)(OCC)OCC)c1cccc(OC)c1. The third-order valence-corrected chi connectivity index (χ3v) is 9.64. The molecule has 9 nitrogen and oxygen atoms in total. The molecule has 35 heavy (non-hydrogen) atoms. The van der Waals surface area contributed by atoms with Gasteiger partial charge in [-0.1, -0.05) is 24.3 Å². The van der Waals surface area contributed by atoms with Gasteiger partial charge in [-0.25, -0.2) is 0 Å². The van der Waals surface area contributed by atoms with Crippen molar-refractivity contribution in [3.8, 4) is 11.5 Å². The van der Waals surface area contributed by atoms with Gasteiger partial charge in [0.2, 0.25) is 0 Å². The predicted octanol–water partition coefficient (Wildman–Crippen LogP) is 6.52. The second-order valence-corrected chi connectivity index (χ2v) is 11.5. The molecule has 11 heteroatoms. The lowest BCUT2D eigenvalue weighted by molar-refractivity contribution is 0.195. The summed E-state index contributed by atoms with van der Waals surface area (Å²) in [5.74, 6) is -0.903. The Kier molecular flexibility index (Phi) is 11.9. The molecule has 2 aromatic carbocycles. The first kappa shape index (κ1) is 29.5. The van der Waals surface area contributed by atoms with Gasteiger partial charge in [0.15, 0.2) is 0 Å². The van der Waals surface area contributed by atoms with E-state index < -0.39 is 26.8 Å². The highest BCUT2D eigenvalue weighted by atomic mass is 31.2. The van der Waals surface area contributed by atoms with E-state index in [1.807, 2.05) is 0 Å². The predicted molar refractivity (Wildman–Crippen MR) is 136 cm³/mol. The Labute approximate surface area is 208 Å².